The van der Waals surface area contributed by atoms with Crippen LogP contribution >= 0.6 is 0 Å². The molecule has 1 amide bonds. The number of hydrogen-bond donors (Lipinski definition) is 3. The summed E-state index contributed by atoms with van der Waals surface area (Å²) in [6.07, 6.45) is 0. The summed E-state index contributed by atoms with van der Waals surface area (Å²) in [6.45, 7) is 5.32. The van der Waals surface area contributed by atoms with Gasteiger partial charge in [-0.15, -0.1) is 0 Å². The standard InChI is InChI=1S/C26H27N3O3/c1-3-31-22-14-20-21(15-23(22)32-4-2)29-26(30)24(20)25(18-8-6-5-7-9-18)28-19-12-10-17(16-27)11-13-19/h5-15,28H,3-4,16,27H2,1-2H3,(H,29,30). The van der Waals surface area contributed by atoms with Gasteiger partial charge < -0.3 is 25.8 Å². The van der Waals surface area contributed by atoms with Crippen molar-refractivity contribution in [3.05, 3.63) is 83.4 Å². The molecule has 0 unspecified atom stereocenters. The zero-order chi connectivity index (χ0) is 22.5. The molecule has 0 radical (unpaired) electrons. The first kappa shape index (κ1) is 21.5. The van der Waals surface area contributed by atoms with Crippen LogP contribution < -0.4 is 25.8 Å². The molecule has 6 heteroatoms. The minimum absolute atomic E-state index is 0.180. The Morgan fingerprint density at radius 2 is 1.59 bits per heavy atom. The van der Waals surface area contributed by atoms with Gasteiger partial charge in [-0.2, -0.15) is 0 Å². The number of carbonyl (C=O) groups excluding carboxylic acids is 1. The number of fused-ring (bicyclic) bond motifs is 1. The fourth-order valence-electron chi connectivity index (χ4n) is 3.71. The van der Waals surface area contributed by atoms with Crippen LogP contribution in [0.15, 0.2) is 66.7 Å². The van der Waals surface area contributed by atoms with Crippen molar-refractivity contribution in [2.24, 2.45) is 5.73 Å². The second-order valence-electron chi connectivity index (χ2n) is 7.31. The Labute approximate surface area is 188 Å². The van der Waals surface area contributed by atoms with Crippen molar-refractivity contribution < 1.29 is 14.3 Å². The van der Waals surface area contributed by atoms with E-state index in [1.165, 1.54) is 0 Å². The van der Waals surface area contributed by atoms with E-state index in [0.717, 1.165) is 22.4 Å². The molecule has 4 N–H and O–H groups in total. The van der Waals surface area contributed by atoms with Gasteiger partial charge in [0.1, 0.15) is 0 Å². The topological polar surface area (TPSA) is 85.6 Å². The molecule has 0 saturated heterocycles. The van der Waals surface area contributed by atoms with Gasteiger partial charge in [-0.1, -0.05) is 42.5 Å². The van der Waals surface area contributed by atoms with Crippen LogP contribution in [0, 0.1) is 0 Å². The van der Waals surface area contributed by atoms with Crippen molar-refractivity contribution in [2.45, 2.75) is 20.4 Å². The Morgan fingerprint density at radius 3 is 2.22 bits per heavy atom. The molecular weight excluding hydrogens is 402 g/mol. The monoisotopic (exact) mass is 429 g/mol. The lowest BCUT2D eigenvalue weighted by Crippen LogP contribution is -2.10. The van der Waals surface area contributed by atoms with E-state index < -0.39 is 0 Å². The maximum Gasteiger partial charge on any atom is 0.258 e. The van der Waals surface area contributed by atoms with E-state index in [9.17, 15) is 4.79 Å². The first-order valence-electron chi connectivity index (χ1n) is 10.8. The van der Waals surface area contributed by atoms with E-state index in [-0.39, 0.29) is 5.91 Å². The lowest BCUT2D eigenvalue weighted by molar-refractivity contribution is -0.110. The highest BCUT2D eigenvalue weighted by molar-refractivity contribution is 6.37. The lowest BCUT2D eigenvalue weighted by atomic mass is 9.99. The fraction of sp³-hybridized carbons (Fsp3) is 0.192. The maximum absolute atomic E-state index is 13.2. The minimum atomic E-state index is -0.180. The number of nitrogens with one attached hydrogen (secondary N) is 2. The van der Waals surface area contributed by atoms with Gasteiger partial charge in [0.15, 0.2) is 11.5 Å². The summed E-state index contributed by atoms with van der Waals surface area (Å²) in [6, 6.07) is 21.4. The van der Waals surface area contributed by atoms with Crippen LogP contribution in [0.25, 0.3) is 11.3 Å². The number of nitrogens with two attached hydrogens (primary N) is 1. The second kappa shape index (κ2) is 9.58. The summed E-state index contributed by atoms with van der Waals surface area (Å²) in [5, 5.41) is 6.44. The Hall–Kier alpha value is -3.77. The highest BCUT2D eigenvalue weighted by Crippen LogP contribution is 2.43. The van der Waals surface area contributed by atoms with E-state index in [1.54, 1.807) is 0 Å². The van der Waals surface area contributed by atoms with Gasteiger partial charge in [-0.05, 0) is 43.2 Å². The average molecular weight is 430 g/mol. The fourth-order valence-corrected chi connectivity index (χ4v) is 3.71. The largest absolute Gasteiger partial charge is 0.490 e. The predicted molar refractivity (Wildman–Crippen MR) is 129 cm³/mol. The van der Waals surface area contributed by atoms with Crippen LogP contribution in [0.3, 0.4) is 0 Å². The summed E-state index contributed by atoms with van der Waals surface area (Å²) in [4.78, 5) is 13.2. The first-order valence-corrected chi connectivity index (χ1v) is 10.8. The summed E-state index contributed by atoms with van der Waals surface area (Å²) in [5.74, 6) is 1.05. The summed E-state index contributed by atoms with van der Waals surface area (Å²) < 4.78 is 11.5. The molecule has 0 saturated carbocycles. The molecule has 0 bridgehead atoms. The van der Waals surface area contributed by atoms with Crippen LogP contribution in [0.5, 0.6) is 11.5 Å². The van der Waals surface area contributed by atoms with E-state index in [1.807, 2.05) is 80.6 Å². The molecule has 0 aromatic heterocycles. The molecule has 0 spiro atoms. The number of hydrogen-bond acceptors (Lipinski definition) is 5. The van der Waals surface area contributed by atoms with Crippen LogP contribution in [0.4, 0.5) is 11.4 Å². The third-order valence-electron chi connectivity index (χ3n) is 5.20. The van der Waals surface area contributed by atoms with Gasteiger partial charge in [0.05, 0.1) is 30.2 Å². The smallest absolute Gasteiger partial charge is 0.258 e. The summed E-state index contributed by atoms with van der Waals surface area (Å²) in [7, 11) is 0. The Bertz CT molecular complexity index is 1140. The Balaban J connectivity index is 1.87. The number of ether oxygens (including phenoxy) is 2. The number of anilines is 2. The van der Waals surface area contributed by atoms with Gasteiger partial charge in [-0.3, -0.25) is 4.79 Å². The number of amides is 1. The molecule has 6 nitrogen and oxygen atoms in total. The molecule has 0 fully saturated rings. The zero-order valence-corrected chi connectivity index (χ0v) is 18.3. The number of carbonyl (C=O) groups is 1. The highest BCUT2D eigenvalue weighted by Gasteiger charge is 2.30. The van der Waals surface area contributed by atoms with Gasteiger partial charge in [0.2, 0.25) is 0 Å². The van der Waals surface area contributed by atoms with Crippen LogP contribution in [-0.4, -0.2) is 19.1 Å². The second-order valence-corrected chi connectivity index (χ2v) is 7.31. The highest BCUT2D eigenvalue weighted by atomic mass is 16.5. The normalized spacial score (nSPS) is 13.9. The van der Waals surface area contributed by atoms with Crippen molar-refractivity contribution in [1.29, 1.82) is 0 Å². The third kappa shape index (κ3) is 4.31. The Kier molecular flexibility index (Phi) is 6.42. The molecule has 3 aromatic carbocycles. The SMILES string of the molecule is CCOc1cc2c(cc1OCC)C(=C(Nc1ccc(CN)cc1)c1ccccc1)C(=O)N2. The van der Waals surface area contributed by atoms with Gasteiger partial charge in [-0.25, -0.2) is 0 Å². The third-order valence-corrected chi connectivity index (χ3v) is 5.20. The average Bonchev–Trinajstić information content (AvgIpc) is 3.13. The molecule has 3 aromatic rings. The molecule has 0 atom stereocenters. The van der Waals surface area contributed by atoms with Gasteiger partial charge >= 0.3 is 0 Å². The van der Waals surface area contributed by atoms with Crippen molar-refractivity contribution in [3.63, 3.8) is 0 Å². The van der Waals surface area contributed by atoms with E-state index >= 15 is 0 Å². The van der Waals surface area contributed by atoms with Crippen molar-refractivity contribution in [1.82, 2.24) is 0 Å². The van der Waals surface area contributed by atoms with E-state index in [4.69, 9.17) is 15.2 Å². The maximum atomic E-state index is 13.2. The zero-order valence-electron chi connectivity index (χ0n) is 18.3. The molecule has 4 rings (SSSR count). The van der Waals surface area contributed by atoms with Gasteiger partial charge in [0.25, 0.3) is 5.91 Å². The molecule has 32 heavy (non-hydrogen) atoms. The van der Waals surface area contributed by atoms with Crippen molar-refractivity contribution in [2.75, 3.05) is 23.8 Å². The molecule has 1 aliphatic rings. The first-order chi connectivity index (χ1) is 15.6. The summed E-state index contributed by atoms with van der Waals surface area (Å²) >= 11 is 0. The molecule has 0 aliphatic carbocycles. The quantitative estimate of drug-likeness (QED) is 0.445. The van der Waals surface area contributed by atoms with Crippen LogP contribution in [-0.2, 0) is 11.3 Å². The van der Waals surface area contributed by atoms with Crippen molar-refractivity contribution in [3.8, 4) is 11.5 Å². The summed E-state index contributed by atoms with van der Waals surface area (Å²) in [5.41, 5.74) is 11.3. The van der Waals surface area contributed by atoms with Crippen LogP contribution in [0.2, 0.25) is 0 Å². The van der Waals surface area contributed by atoms with Crippen LogP contribution in [0.1, 0.15) is 30.5 Å². The molecule has 164 valence electrons. The number of benzene rings is 3. The van der Waals surface area contributed by atoms with E-state index in [2.05, 4.69) is 10.6 Å². The van der Waals surface area contributed by atoms with Crippen molar-refractivity contribution >= 4 is 28.6 Å². The Morgan fingerprint density at radius 1 is 0.938 bits per heavy atom. The number of rotatable bonds is 8. The van der Waals surface area contributed by atoms with Gasteiger partial charge in [0, 0.05) is 23.9 Å². The molecule has 1 heterocycles. The lowest BCUT2D eigenvalue weighted by Gasteiger charge is -2.16. The predicted octanol–water partition coefficient (Wildman–Crippen LogP) is 4.88. The minimum Gasteiger partial charge on any atom is -0.490 e. The molecule has 1 aliphatic heterocycles. The van der Waals surface area contributed by atoms with E-state index in [0.29, 0.717) is 48.2 Å². The molecular formula is C26H27N3O3.